The lowest BCUT2D eigenvalue weighted by molar-refractivity contribution is -0.122. The van der Waals surface area contributed by atoms with E-state index in [4.69, 9.17) is 27.9 Å². The number of benzene rings is 3. The zero-order valence-electron chi connectivity index (χ0n) is 15.8. The van der Waals surface area contributed by atoms with Crippen LogP contribution < -0.4 is 15.4 Å². The second-order valence-electron chi connectivity index (χ2n) is 6.36. The van der Waals surface area contributed by atoms with Crippen molar-refractivity contribution in [2.24, 2.45) is 0 Å². The van der Waals surface area contributed by atoms with Crippen LogP contribution in [0, 0.1) is 5.82 Å². The van der Waals surface area contributed by atoms with Gasteiger partial charge in [-0.15, -0.1) is 0 Å². The van der Waals surface area contributed by atoms with Crippen molar-refractivity contribution in [1.82, 2.24) is 0 Å². The van der Waals surface area contributed by atoms with Gasteiger partial charge in [0.15, 0.2) is 6.10 Å². The van der Waals surface area contributed by atoms with Gasteiger partial charge in [0.25, 0.3) is 11.8 Å². The highest BCUT2D eigenvalue weighted by Gasteiger charge is 2.16. The van der Waals surface area contributed by atoms with Crippen LogP contribution in [0.2, 0.25) is 10.0 Å². The summed E-state index contributed by atoms with van der Waals surface area (Å²) in [5.41, 5.74) is 0.875. The number of nitrogens with one attached hydrogen (secondary N) is 2. The molecule has 0 saturated heterocycles. The Morgan fingerprint density at radius 2 is 1.53 bits per heavy atom. The van der Waals surface area contributed by atoms with Crippen molar-refractivity contribution in [3.63, 3.8) is 0 Å². The molecule has 0 aliphatic heterocycles. The molecule has 0 aromatic heterocycles. The summed E-state index contributed by atoms with van der Waals surface area (Å²) in [4.78, 5) is 24.6. The largest absolute Gasteiger partial charge is 0.481 e. The fourth-order valence-electron chi connectivity index (χ4n) is 2.51. The standard InChI is InChI=1S/C22H17Cl2FN2O3/c1-13(21(28)26-17-7-4-15(23)5-8-17)30-18-9-2-14(3-10-18)22(29)27-20-12-16(24)6-11-19(20)25/h2-13H,1H3,(H,26,28)(H,27,29)/t13-/m0/s1. The molecular weight excluding hydrogens is 430 g/mol. The van der Waals surface area contributed by atoms with E-state index >= 15 is 0 Å². The Kier molecular flexibility index (Phi) is 6.92. The Balaban J connectivity index is 1.59. The molecule has 0 bridgehead atoms. The molecule has 0 aliphatic carbocycles. The molecule has 0 aliphatic rings. The van der Waals surface area contributed by atoms with Crippen LogP contribution in [-0.4, -0.2) is 17.9 Å². The van der Waals surface area contributed by atoms with E-state index < -0.39 is 17.8 Å². The van der Waals surface area contributed by atoms with Crippen molar-refractivity contribution < 1.29 is 18.7 Å². The van der Waals surface area contributed by atoms with E-state index in [1.165, 1.54) is 30.3 Å². The third-order valence-electron chi connectivity index (χ3n) is 4.09. The van der Waals surface area contributed by atoms with Crippen LogP contribution in [0.15, 0.2) is 66.7 Å². The first kappa shape index (κ1) is 21.6. The SMILES string of the molecule is C[C@H](Oc1ccc(C(=O)Nc2cc(Cl)ccc2F)cc1)C(=O)Nc1ccc(Cl)cc1. The molecule has 154 valence electrons. The number of hydrogen-bond donors (Lipinski definition) is 2. The molecule has 3 aromatic carbocycles. The van der Waals surface area contributed by atoms with Crippen LogP contribution in [0.3, 0.4) is 0 Å². The second-order valence-corrected chi connectivity index (χ2v) is 7.23. The Bertz CT molecular complexity index is 1060. The monoisotopic (exact) mass is 446 g/mol. The number of carbonyl (C=O) groups is 2. The number of anilines is 2. The highest BCUT2D eigenvalue weighted by Crippen LogP contribution is 2.21. The van der Waals surface area contributed by atoms with E-state index in [0.717, 1.165) is 0 Å². The molecule has 0 heterocycles. The third kappa shape index (κ3) is 5.72. The Morgan fingerprint density at radius 3 is 2.20 bits per heavy atom. The fraction of sp³-hybridized carbons (Fsp3) is 0.0909. The fourth-order valence-corrected chi connectivity index (χ4v) is 2.81. The molecule has 0 fully saturated rings. The van der Waals surface area contributed by atoms with Crippen LogP contribution >= 0.6 is 23.2 Å². The van der Waals surface area contributed by atoms with Gasteiger partial charge in [0.2, 0.25) is 0 Å². The van der Waals surface area contributed by atoms with Crippen LogP contribution in [0.4, 0.5) is 15.8 Å². The molecule has 0 spiro atoms. The van der Waals surface area contributed by atoms with Gasteiger partial charge < -0.3 is 15.4 Å². The highest BCUT2D eigenvalue weighted by atomic mass is 35.5. The van der Waals surface area contributed by atoms with E-state index in [1.807, 2.05) is 0 Å². The number of hydrogen-bond acceptors (Lipinski definition) is 3. The molecule has 0 unspecified atom stereocenters. The highest BCUT2D eigenvalue weighted by molar-refractivity contribution is 6.31. The van der Waals surface area contributed by atoms with Gasteiger partial charge in [0.05, 0.1) is 5.69 Å². The Labute approximate surface area is 182 Å². The zero-order chi connectivity index (χ0) is 21.7. The summed E-state index contributed by atoms with van der Waals surface area (Å²) in [6.07, 6.45) is -0.777. The van der Waals surface area contributed by atoms with Crippen molar-refractivity contribution in [2.45, 2.75) is 13.0 Å². The molecule has 2 amide bonds. The predicted molar refractivity (Wildman–Crippen MR) is 116 cm³/mol. The zero-order valence-corrected chi connectivity index (χ0v) is 17.3. The predicted octanol–water partition coefficient (Wildman–Crippen LogP) is 5.79. The second kappa shape index (κ2) is 9.61. The Morgan fingerprint density at radius 1 is 0.900 bits per heavy atom. The van der Waals surface area contributed by atoms with E-state index in [-0.39, 0.29) is 11.6 Å². The molecule has 3 rings (SSSR count). The molecular formula is C22H17Cl2FN2O3. The maximum absolute atomic E-state index is 13.8. The van der Waals surface area contributed by atoms with Crippen molar-refractivity contribution in [1.29, 1.82) is 0 Å². The molecule has 30 heavy (non-hydrogen) atoms. The first-order valence-electron chi connectivity index (χ1n) is 8.91. The molecule has 8 heteroatoms. The summed E-state index contributed by atoms with van der Waals surface area (Å²) in [5.74, 6) is -1.03. The third-order valence-corrected chi connectivity index (χ3v) is 4.57. The summed E-state index contributed by atoms with van der Waals surface area (Å²) in [6.45, 7) is 1.60. The van der Waals surface area contributed by atoms with Gasteiger partial charge in [-0.3, -0.25) is 9.59 Å². The molecule has 0 radical (unpaired) electrons. The molecule has 5 nitrogen and oxygen atoms in total. The summed E-state index contributed by atoms with van der Waals surface area (Å²) in [6, 6.07) is 16.7. The van der Waals surface area contributed by atoms with Gasteiger partial charge in [-0.25, -0.2) is 4.39 Å². The van der Waals surface area contributed by atoms with Gasteiger partial charge in [-0.05, 0) is 73.7 Å². The van der Waals surface area contributed by atoms with Crippen molar-refractivity contribution >= 4 is 46.4 Å². The smallest absolute Gasteiger partial charge is 0.265 e. The van der Waals surface area contributed by atoms with Gasteiger partial charge in [0.1, 0.15) is 11.6 Å². The van der Waals surface area contributed by atoms with Crippen LogP contribution in [0.25, 0.3) is 0 Å². The molecule has 0 saturated carbocycles. The van der Waals surface area contributed by atoms with Crippen molar-refractivity contribution in [3.05, 3.63) is 88.2 Å². The summed E-state index contributed by atoms with van der Waals surface area (Å²) >= 11 is 11.6. The minimum atomic E-state index is -0.777. The topological polar surface area (TPSA) is 67.4 Å². The lowest BCUT2D eigenvalue weighted by Gasteiger charge is -2.15. The van der Waals surface area contributed by atoms with E-state index in [0.29, 0.717) is 27.0 Å². The quantitative estimate of drug-likeness (QED) is 0.503. The summed E-state index contributed by atoms with van der Waals surface area (Å²) in [7, 11) is 0. The average Bonchev–Trinajstić information content (AvgIpc) is 2.72. The number of ether oxygens (including phenoxy) is 1. The maximum atomic E-state index is 13.8. The lowest BCUT2D eigenvalue weighted by Crippen LogP contribution is -2.30. The maximum Gasteiger partial charge on any atom is 0.265 e. The summed E-state index contributed by atoms with van der Waals surface area (Å²) in [5, 5.41) is 6.06. The van der Waals surface area contributed by atoms with E-state index in [2.05, 4.69) is 10.6 Å². The lowest BCUT2D eigenvalue weighted by atomic mass is 10.2. The van der Waals surface area contributed by atoms with Gasteiger partial charge >= 0.3 is 0 Å². The average molecular weight is 447 g/mol. The Hall–Kier alpha value is -3.09. The van der Waals surface area contributed by atoms with E-state index in [1.54, 1.807) is 43.3 Å². The number of halogens is 3. The van der Waals surface area contributed by atoms with Gasteiger partial charge in [0, 0.05) is 21.3 Å². The summed E-state index contributed by atoms with van der Waals surface area (Å²) < 4.78 is 19.4. The van der Waals surface area contributed by atoms with Crippen LogP contribution in [0.1, 0.15) is 17.3 Å². The van der Waals surface area contributed by atoms with Crippen LogP contribution in [0.5, 0.6) is 5.75 Å². The normalized spacial score (nSPS) is 11.5. The van der Waals surface area contributed by atoms with Crippen molar-refractivity contribution in [2.75, 3.05) is 10.6 Å². The van der Waals surface area contributed by atoms with Crippen molar-refractivity contribution in [3.8, 4) is 5.75 Å². The first-order chi connectivity index (χ1) is 14.3. The molecule has 2 N–H and O–H groups in total. The van der Waals surface area contributed by atoms with Gasteiger partial charge in [-0.2, -0.15) is 0 Å². The minimum Gasteiger partial charge on any atom is -0.481 e. The number of carbonyl (C=O) groups excluding carboxylic acids is 2. The van der Waals surface area contributed by atoms with Gasteiger partial charge in [-0.1, -0.05) is 23.2 Å². The number of rotatable bonds is 6. The molecule has 3 aromatic rings. The molecule has 1 atom stereocenters. The van der Waals surface area contributed by atoms with Crippen LogP contribution in [-0.2, 0) is 4.79 Å². The first-order valence-corrected chi connectivity index (χ1v) is 9.67. The number of amides is 2. The minimum absolute atomic E-state index is 0.0136. The van der Waals surface area contributed by atoms with E-state index in [9.17, 15) is 14.0 Å².